The highest BCUT2D eigenvalue weighted by atomic mass is 35.5. The molecule has 2 aromatic carbocycles. The van der Waals surface area contributed by atoms with Gasteiger partial charge in [0.15, 0.2) is 0 Å². The Bertz CT molecular complexity index is 1150. The van der Waals surface area contributed by atoms with Crippen molar-refractivity contribution < 1.29 is 14.3 Å². The van der Waals surface area contributed by atoms with Gasteiger partial charge in [-0.05, 0) is 30.5 Å². The molecule has 1 aliphatic rings. The second-order valence-electron chi connectivity index (χ2n) is 8.04. The van der Waals surface area contributed by atoms with E-state index in [-0.39, 0.29) is 17.8 Å². The number of carbonyl (C=O) groups is 2. The molecule has 0 N–H and O–H groups in total. The van der Waals surface area contributed by atoms with Gasteiger partial charge in [0.25, 0.3) is 0 Å². The van der Waals surface area contributed by atoms with E-state index in [4.69, 9.17) is 21.4 Å². The summed E-state index contributed by atoms with van der Waals surface area (Å²) in [5.41, 5.74) is 3.60. The number of halogens is 1. The number of benzene rings is 2. The maximum Gasteiger partial charge on any atom is 0.308 e. The molecule has 0 spiro atoms. The number of rotatable bonds is 6. The van der Waals surface area contributed by atoms with E-state index < -0.39 is 0 Å². The molecule has 6 nitrogen and oxygen atoms in total. The van der Waals surface area contributed by atoms with Crippen LogP contribution in [-0.2, 0) is 20.9 Å². The third-order valence-electron chi connectivity index (χ3n) is 5.87. The smallest absolute Gasteiger partial charge is 0.308 e. The summed E-state index contributed by atoms with van der Waals surface area (Å²) in [6, 6.07) is 17.6. The molecule has 1 amide bonds. The highest BCUT2D eigenvalue weighted by molar-refractivity contribution is 6.31. The molecular weight excluding hydrogens is 438 g/mol. The van der Waals surface area contributed by atoms with Crippen LogP contribution in [0.3, 0.4) is 0 Å². The van der Waals surface area contributed by atoms with Gasteiger partial charge in [-0.3, -0.25) is 14.3 Å². The zero-order chi connectivity index (χ0) is 23.2. The molecule has 0 saturated carbocycles. The summed E-state index contributed by atoms with van der Waals surface area (Å²) < 4.78 is 6.67. The monoisotopic (exact) mass is 463 g/mol. The van der Waals surface area contributed by atoms with Crippen molar-refractivity contribution in [2.24, 2.45) is 5.92 Å². The van der Waals surface area contributed by atoms with Crippen molar-refractivity contribution in [2.45, 2.75) is 19.4 Å². The van der Waals surface area contributed by atoms with Gasteiger partial charge in [0, 0.05) is 41.5 Å². The van der Waals surface area contributed by atoms with Crippen LogP contribution < -0.4 is 0 Å². The quantitative estimate of drug-likeness (QED) is 0.393. The predicted octanol–water partition coefficient (Wildman–Crippen LogP) is 4.68. The van der Waals surface area contributed by atoms with E-state index in [1.54, 1.807) is 11.0 Å². The van der Waals surface area contributed by atoms with Crippen LogP contribution in [0, 0.1) is 5.92 Å². The molecule has 1 aliphatic heterocycles. The Hall–Kier alpha value is -3.38. The first-order valence-corrected chi connectivity index (χ1v) is 11.3. The van der Waals surface area contributed by atoms with Gasteiger partial charge in [0.2, 0.25) is 5.91 Å². The van der Waals surface area contributed by atoms with E-state index in [1.165, 1.54) is 7.11 Å². The number of carbonyl (C=O) groups excluding carboxylic acids is 2. The predicted molar refractivity (Wildman–Crippen MR) is 129 cm³/mol. The second kappa shape index (κ2) is 10.5. The summed E-state index contributed by atoms with van der Waals surface area (Å²) in [5, 5.41) is 5.47. The summed E-state index contributed by atoms with van der Waals surface area (Å²) in [4.78, 5) is 26.3. The molecule has 170 valence electrons. The molecule has 7 heteroatoms. The average Bonchev–Trinajstić information content (AvgIpc) is 3.26. The first-order valence-electron chi connectivity index (χ1n) is 11.0. The number of ether oxygens (including phenoxy) is 1. The summed E-state index contributed by atoms with van der Waals surface area (Å²) in [6.45, 7) is 1.61. The highest BCUT2D eigenvalue weighted by Gasteiger charge is 2.27. The highest BCUT2D eigenvalue weighted by Crippen LogP contribution is 2.25. The number of esters is 1. The number of nitrogens with zero attached hydrogens (tertiary/aromatic N) is 3. The Morgan fingerprint density at radius 2 is 1.79 bits per heavy atom. The molecule has 0 unspecified atom stereocenters. The van der Waals surface area contributed by atoms with Crippen LogP contribution in [0.5, 0.6) is 0 Å². The van der Waals surface area contributed by atoms with Crippen molar-refractivity contribution in [1.82, 2.24) is 14.7 Å². The molecule has 1 fully saturated rings. The normalized spacial score (nSPS) is 14.5. The fraction of sp³-hybridized carbons (Fsp3) is 0.269. The lowest BCUT2D eigenvalue weighted by atomic mass is 9.97. The van der Waals surface area contributed by atoms with Crippen LogP contribution in [0.2, 0.25) is 5.02 Å². The van der Waals surface area contributed by atoms with Crippen LogP contribution in [0.25, 0.3) is 17.3 Å². The van der Waals surface area contributed by atoms with Gasteiger partial charge in [-0.1, -0.05) is 60.1 Å². The minimum Gasteiger partial charge on any atom is -0.469 e. The van der Waals surface area contributed by atoms with Gasteiger partial charge < -0.3 is 9.64 Å². The van der Waals surface area contributed by atoms with Crippen LogP contribution in [0.15, 0.2) is 66.9 Å². The van der Waals surface area contributed by atoms with Crippen LogP contribution in [-0.4, -0.2) is 46.8 Å². The Morgan fingerprint density at radius 1 is 1.09 bits per heavy atom. The largest absolute Gasteiger partial charge is 0.469 e. The van der Waals surface area contributed by atoms with Gasteiger partial charge >= 0.3 is 5.97 Å². The molecule has 1 aromatic heterocycles. The first-order chi connectivity index (χ1) is 16.0. The number of hydrogen-bond donors (Lipinski definition) is 0. The lowest BCUT2D eigenvalue weighted by molar-refractivity contribution is -0.148. The zero-order valence-corrected chi connectivity index (χ0v) is 19.2. The molecule has 4 rings (SSSR count). The van der Waals surface area contributed by atoms with E-state index in [0.717, 1.165) is 22.4 Å². The molecule has 0 atom stereocenters. The maximum absolute atomic E-state index is 12.8. The topological polar surface area (TPSA) is 64.4 Å². The summed E-state index contributed by atoms with van der Waals surface area (Å²) in [5.74, 6) is -0.400. The van der Waals surface area contributed by atoms with Crippen molar-refractivity contribution in [1.29, 1.82) is 0 Å². The van der Waals surface area contributed by atoms with Crippen molar-refractivity contribution in [2.75, 3.05) is 20.2 Å². The Kier molecular flexibility index (Phi) is 7.25. The fourth-order valence-electron chi connectivity index (χ4n) is 4.03. The molecule has 2 heterocycles. The first kappa shape index (κ1) is 22.8. The van der Waals surface area contributed by atoms with E-state index in [1.807, 2.05) is 71.6 Å². The molecule has 0 radical (unpaired) electrons. The Morgan fingerprint density at radius 3 is 2.48 bits per heavy atom. The fourth-order valence-corrected chi connectivity index (χ4v) is 4.23. The van der Waals surface area contributed by atoms with Gasteiger partial charge in [0.1, 0.15) is 0 Å². The van der Waals surface area contributed by atoms with Crippen LogP contribution in [0.1, 0.15) is 24.0 Å². The third-order valence-corrected chi connectivity index (χ3v) is 6.24. The number of hydrogen-bond acceptors (Lipinski definition) is 4. The van der Waals surface area contributed by atoms with Crippen molar-refractivity contribution in [3.63, 3.8) is 0 Å². The molecule has 0 bridgehead atoms. The van der Waals surface area contributed by atoms with E-state index in [2.05, 4.69) is 0 Å². The maximum atomic E-state index is 12.8. The molecule has 3 aromatic rings. The molecule has 0 aliphatic carbocycles. The minimum atomic E-state index is -0.198. The van der Waals surface area contributed by atoms with Crippen LogP contribution >= 0.6 is 11.6 Å². The van der Waals surface area contributed by atoms with Crippen molar-refractivity contribution in [3.05, 3.63) is 83.0 Å². The SMILES string of the molecule is COC(=O)C1CCN(C(=O)/C=C/c2cn(Cc3ccccc3Cl)nc2-c2ccccc2)CC1. The standard InChI is InChI=1S/C26H26ClN3O3/c1-33-26(32)20-13-15-29(16-14-20)24(31)12-11-22-18-30(17-21-9-5-6-10-23(21)27)28-25(22)19-7-3-2-4-8-19/h2-12,18,20H,13-17H2,1H3/b12-11+. The number of likely N-dealkylation sites (tertiary alicyclic amines) is 1. The van der Waals surface area contributed by atoms with Crippen LogP contribution in [0.4, 0.5) is 0 Å². The van der Waals surface area contributed by atoms with Gasteiger partial charge in [-0.2, -0.15) is 5.10 Å². The number of amides is 1. The van der Waals surface area contributed by atoms with E-state index >= 15 is 0 Å². The number of piperidine rings is 1. The second-order valence-corrected chi connectivity index (χ2v) is 8.45. The van der Waals surface area contributed by atoms with Crippen molar-refractivity contribution >= 4 is 29.6 Å². The summed E-state index contributed by atoms with van der Waals surface area (Å²) in [6.07, 6.45) is 6.57. The van der Waals surface area contributed by atoms with Gasteiger partial charge in [0.05, 0.1) is 25.3 Å². The summed E-state index contributed by atoms with van der Waals surface area (Å²) in [7, 11) is 1.40. The average molecular weight is 464 g/mol. The van der Waals surface area contributed by atoms with Crippen molar-refractivity contribution in [3.8, 4) is 11.3 Å². The lowest BCUT2D eigenvalue weighted by Crippen LogP contribution is -2.39. The Labute approximate surface area is 198 Å². The van der Waals surface area contributed by atoms with E-state index in [0.29, 0.717) is 37.5 Å². The Balaban J connectivity index is 1.53. The third kappa shape index (κ3) is 5.52. The van der Waals surface area contributed by atoms with Gasteiger partial charge in [-0.15, -0.1) is 0 Å². The summed E-state index contributed by atoms with van der Waals surface area (Å²) >= 11 is 6.33. The van der Waals surface area contributed by atoms with Gasteiger partial charge in [-0.25, -0.2) is 0 Å². The zero-order valence-electron chi connectivity index (χ0n) is 18.5. The number of aromatic nitrogens is 2. The molecule has 1 saturated heterocycles. The number of methoxy groups -OCH3 is 1. The lowest BCUT2D eigenvalue weighted by Gasteiger charge is -2.29. The van der Waals surface area contributed by atoms with E-state index in [9.17, 15) is 9.59 Å². The molecular formula is C26H26ClN3O3. The minimum absolute atomic E-state index is 0.0730. The molecule has 33 heavy (non-hydrogen) atoms.